The summed E-state index contributed by atoms with van der Waals surface area (Å²) in [5.41, 5.74) is 1.81. The topological polar surface area (TPSA) is 95.0 Å². The van der Waals surface area contributed by atoms with E-state index in [1.807, 2.05) is 6.92 Å². The minimum absolute atomic E-state index is 0.272. The minimum atomic E-state index is -3.34. The number of nitrogens with zero attached hydrogens (tertiary/aromatic N) is 2. The van der Waals surface area contributed by atoms with Crippen molar-refractivity contribution < 1.29 is 23.1 Å². The highest BCUT2D eigenvalue weighted by atomic mass is 32.2. The Labute approximate surface area is 147 Å². The van der Waals surface area contributed by atoms with Gasteiger partial charge in [0, 0.05) is 18.7 Å². The zero-order valence-electron chi connectivity index (χ0n) is 14.3. The Kier molecular flexibility index (Phi) is 4.49. The first kappa shape index (κ1) is 17.7. The van der Waals surface area contributed by atoms with Crippen LogP contribution in [0.4, 0.5) is 5.69 Å². The average molecular weight is 366 g/mol. The Morgan fingerprint density at radius 2 is 1.96 bits per heavy atom. The molecule has 0 aliphatic carbocycles. The third-order valence-electron chi connectivity index (χ3n) is 4.99. The van der Waals surface area contributed by atoms with Gasteiger partial charge in [0.05, 0.1) is 11.9 Å². The van der Waals surface area contributed by atoms with Crippen molar-refractivity contribution >= 4 is 27.6 Å². The lowest BCUT2D eigenvalue weighted by Gasteiger charge is -2.36. The van der Waals surface area contributed by atoms with Gasteiger partial charge in [-0.15, -0.1) is 0 Å². The maximum Gasteiger partial charge on any atom is 0.326 e. The van der Waals surface area contributed by atoms with Crippen molar-refractivity contribution in [2.45, 2.75) is 32.2 Å². The van der Waals surface area contributed by atoms with Gasteiger partial charge in [0.2, 0.25) is 10.0 Å². The Bertz CT molecular complexity index is 820. The molecule has 2 unspecified atom stereocenters. The number of fused-ring (bicyclic) bond motifs is 1. The number of aliphatic carboxylic acids is 1. The van der Waals surface area contributed by atoms with Gasteiger partial charge in [-0.3, -0.25) is 9.10 Å². The first-order valence-corrected chi connectivity index (χ1v) is 10.2. The summed E-state index contributed by atoms with van der Waals surface area (Å²) in [5.74, 6) is -1.02. The average Bonchev–Trinajstić information content (AvgIpc) is 2.97. The molecule has 1 fully saturated rings. The van der Waals surface area contributed by atoms with E-state index in [2.05, 4.69) is 0 Å². The molecule has 0 spiro atoms. The van der Waals surface area contributed by atoms with Crippen LogP contribution in [0.1, 0.15) is 35.7 Å². The number of rotatable bonds is 3. The summed E-state index contributed by atoms with van der Waals surface area (Å²) in [6, 6.07) is 4.11. The lowest BCUT2D eigenvalue weighted by atomic mass is 9.91. The normalized spacial score (nSPS) is 23.4. The fourth-order valence-electron chi connectivity index (χ4n) is 3.63. The highest BCUT2D eigenvalue weighted by molar-refractivity contribution is 7.92. The smallest absolute Gasteiger partial charge is 0.326 e. The minimum Gasteiger partial charge on any atom is -0.480 e. The number of piperidine rings is 1. The molecular weight excluding hydrogens is 344 g/mol. The van der Waals surface area contributed by atoms with E-state index in [1.54, 1.807) is 18.2 Å². The molecule has 2 aliphatic heterocycles. The molecule has 0 saturated carbocycles. The monoisotopic (exact) mass is 366 g/mol. The van der Waals surface area contributed by atoms with Gasteiger partial charge in [-0.05, 0) is 48.9 Å². The summed E-state index contributed by atoms with van der Waals surface area (Å²) >= 11 is 0. The summed E-state index contributed by atoms with van der Waals surface area (Å²) in [5, 5.41) is 9.43. The number of benzene rings is 1. The van der Waals surface area contributed by atoms with E-state index in [-0.39, 0.29) is 11.8 Å². The van der Waals surface area contributed by atoms with Crippen molar-refractivity contribution in [3.63, 3.8) is 0 Å². The lowest BCUT2D eigenvalue weighted by molar-refractivity contribution is -0.144. The SMILES string of the molecule is CC1CCN(C(=O)c2ccc3c(c2)CCN3S(C)(=O)=O)C(C(=O)O)C1. The van der Waals surface area contributed by atoms with Crippen LogP contribution in [0.5, 0.6) is 0 Å². The van der Waals surface area contributed by atoms with Crippen LogP contribution in [0.2, 0.25) is 0 Å². The van der Waals surface area contributed by atoms with Gasteiger partial charge in [-0.25, -0.2) is 13.2 Å². The molecule has 136 valence electrons. The molecule has 3 rings (SSSR count). The molecule has 1 N–H and O–H groups in total. The fraction of sp³-hybridized carbons (Fsp3) is 0.529. The van der Waals surface area contributed by atoms with Gasteiger partial charge in [0.1, 0.15) is 6.04 Å². The number of hydrogen-bond donors (Lipinski definition) is 1. The highest BCUT2D eigenvalue weighted by Gasteiger charge is 2.36. The first-order chi connectivity index (χ1) is 11.7. The lowest BCUT2D eigenvalue weighted by Crippen LogP contribution is -2.49. The second-order valence-electron chi connectivity index (χ2n) is 6.91. The van der Waals surface area contributed by atoms with Crippen LogP contribution in [-0.4, -0.2) is 55.7 Å². The number of carboxylic acid groups (broad SMARTS) is 1. The van der Waals surface area contributed by atoms with E-state index in [1.165, 1.54) is 9.21 Å². The predicted molar refractivity (Wildman–Crippen MR) is 93.2 cm³/mol. The van der Waals surface area contributed by atoms with Crippen molar-refractivity contribution in [2.24, 2.45) is 5.92 Å². The highest BCUT2D eigenvalue weighted by Crippen LogP contribution is 2.32. The van der Waals surface area contributed by atoms with Gasteiger partial charge in [-0.2, -0.15) is 0 Å². The van der Waals surface area contributed by atoms with Gasteiger partial charge in [0.15, 0.2) is 0 Å². The third kappa shape index (κ3) is 3.35. The number of sulfonamides is 1. The Morgan fingerprint density at radius 1 is 1.24 bits per heavy atom. The summed E-state index contributed by atoms with van der Waals surface area (Å²) in [6.07, 6.45) is 2.94. The standard InChI is InChI=1S/C17H22N2O5S/c1-11-5-7-18(15(9-11)17(21)22)16(20)13-3-4-14-12(10-13)6-8-19(14)25(2,23)24/h3-4,10-11,15H,5-9H2,1-2H3,(H,21,22). The summed E-state index contributed by atoms with van der Waals surface area (Å²) in [6.45, 7) is 2.78. The molecule has 7 nitrogen and oxygen atoms in total. The van der Waals surface area contributed by atoms with Crippen molar-refractivity contribution in [3.8, 4) is 0 Å². The molecule has 1 aromatic rings. The van der Waals surface area contributed by atoms with Crippen LogP contribution in [0.3, 0.4) is 0 Å². The van der Waals surface area contributed by atoms with Crippen LogP contribution in [0.15, 0.2) is 18.2 Å². The van der Waals surface area contributed by atoms with Crippen LogP contribution >= 0.6 is 0 Å². The fourth-order valence-corrected chi connectivity index (χ4v) is 4.59. The number of carboxylic acids is 1. The quantitative estimate of drug-likeness (QED) is 0.871. The van der Waals surface area contributed by atoms with Crippen LogP contribution < -0.4 is 4.31 Å². The summed E-state index contributed by atoms with van der Waals surface area (Å²) < 4.78 is 24.9. The van der Waals surface area contributed by atoms with Crippen LogP contribution in [-0.2, 0) is 21.2 Å². The van der Waals surface area contributed by atoms with Gasteiger partial charge in [0.25, 0.3) is 5.91 Å². The number of carbonyl (C=O) groups is 2. The second-order valence-corrected chi connectivity index (χ2v) is 8.82. The van der Waals surface area contributed by atoms with E-state index >= 15 is 0 Å². The van der Waals surface area contributed by atoms with Gasteiger partial charge in [-0.1, -0.05) is 6.92 Å². The predicted octanol–water partition coefficient (Wildman–Crippen LogP) is 1.33. The van der Waals surface area contributed by atoms with E-state index in [4.69, 9.17) is 0 Å². The second kappa shape index (κ2) is 6.33. The van der Waals surface area contributed by atoms with E-state index in [0.717, 1.165) is 18.2 Å². The summed E-state index contributed by atoms with van der Waals surface area (Å²) in [4.78, 5) is 25.8. The van der Waals surface area contributed by atoms with Crippen molar-refractivity contribution in [2.75, 3.05) is 23.7 Å². The largest absolute Gasteiger partial charge is 0.480 e. The van der Waals surface area contributed by atoms with E-state index < -0.39 is 22.0 Å². The molecule has 1 saturated heterocycles. The number of carbonyl (C=O) groups excluding carboxylic acids is 1. The van der Waals surface area contributed by atoms with E-state index in [0.29, 0.717) is 37.2 Å². The number of anilines is 1. The molecule has 1 amide bonds. The number of likely N-dealkylation sites (tertiary alicyclic amines) is 1. The van der Waals surface area contributed by atoms with Crippen LogP contribution in [0.25, 0.3) is 0 Å². The Hall–Kier alpha value is -2.09. The van der Waals surface area contributed by atoms with Gasteiger partial charge < -0.3 is 10.0 Å². The number of hydrogen-bond acceptors (Lipinski definition) is 4. The van der Waals surface area contributed by atoms with Gasteiger partial charge >= 0.3 is 5.97 Å². The molecular formula is C17H22N2O5S. The molecule has 0 radical (unpaired) electrons. The van der Waals surface area contributed by atoms with Crippen LogP contribution in [0, 0.1) is 5.92 Å². The molecule has 2 heterocycles. The maximum absolute atomic E-state index is 12.8. The Morgan fingerprint density at radius 3 is 2.60 bits per heavy atom. The molecule has 1 aromatic carbocycles. The van der Waals surface area contributed by atoms with Crippen molar-refractivity contribution in [1.29, 1.82) is 0 Å². The zero-order chi connectivity index (χ0) is 18.4. The summed E-state index contributed by atoms with van der Waals surface area (Å²) in [7, 11) is -3.34. The molecule has 0 bridgehead atoms. The molecule has 2 aliphatic rings. The maximum atomic E-state index is 12.8. The van der Waals surface area contributed by atoms with E-state index in [9.17, 15) is 23.1 Å². The zero-order valence-corrected chi connectivity index (χ0v) is 15.1. The Balaban J connectivity index is 1.88. The molecule has 8 heteroatoms. The molecule has 0 aromatic heterocycles. The first-order valence-electron chi connectivity index (χ1n) is 8.33. The number of amides is 1. The third-order valence-corrected chi connectivity index (χ3v) is 6.17. The van der Waals surface area contributed by atoms with Crippen molar-refractivity contribution in [1.82, 2.24) is 4.90 Å². The molecule has 25 heavy (non-hydrogen) atoms. The molecule has 2 atom stereocenters. The van der Waals surface area contributed by atoms with Crippen molar-refractivity contribution in [3.05, 3.63) is 29.3 Å².